The molecular formula is C3H8NaO4S. The zero-order valence-corrected chi connectivity index (χ0v) is 8.06. The Morgan fingerprint density at radius 1 is 1.33 bits per heavy atom. The summed E-state index contributed by atoms with van der Waals surface area (Å²) in [7, 11) is -3.85. The number of hydrogen-bond donors (Lipinski definition) is 2. The van der Waals surface area contributed by atoms with Crippen molar-refractivity contribution in [3.05, 3.63) is 0 Å². The van der Waals surface area contributed by atoms with Crippen LogP contribution in [0.3, 0.4) is 0 Å². The number of rotatable bonds is 3. The predicted molar refractivity (Wildman–Crippen MR) is 33.9 cm³/mol. The van der Waals surface area contributed by atoms with Gasteiger partial charge in [0.1, 0.15) is 0 Å². The molecule has 0 aromatic heterocycles. The molecule has 9 heavy (non-hydrogen) atoms. The van der Waals surface area contributed by atoms with Crippen molar-refractivity contribution in [2.75, 3.05) is 12.4 Å². The summed E-state index contributed by atoms with van der Waals surface area (Å²) in [5.74, 6) is -0.358. The minimum absolute atomic E-state index is 0. The van der Waals surface area contributed by atoms with Crippen LogP contribution in [0.15, 0.2) is 0 Å². The van der Waals surface area contributed by atoms with Gasteiger partial charge in [-0.2, -0.15) is 8.42 Å². The van der Waals surface area contributed by atoms with Crippen LogP contribution >= 0.6 is 0 Å². The van der Waals surface area contributed by atoms with Crippen LogP contribution in [0.5, 0.6) is 0 Å². The van der Waals surface area contributed by atoms with Crippen LogP contribution in [-0.4, -0.2) is 60.0 Å². The SMILES string of the molecule is O=S(=O)(O)CCCO.[Na]. The van der Waals surface area contributed by atoms with Crippen molar-refractivity contribution < 1.29 is 18.1 Å². The van der Waals surface area contributed by atoms with Gasteiger partial charge < -0.3 is 5.11 Å². The fourth-order valence-electron chi connectivity index (χ4n) is 0.247. The molecule has 0 saturated carbocycles. The molecule has 0 atom stereocenters. The van der Waals surface area contributed by atoms with Gasteiger partial charge in [0, 0.05) is 36.2 Å². The summed E-state index contributed by atoms with van der Waals surface area (Å²) in [6.07, 6.45) is 0.0961. The number of aliphatic hydroxyl groups excluding tert-OH is 1. The third-order valence-electron chi connectivity index (χ3n) is 0.560. The van der Waals surface area contributed by atoms with Gasteiger partial charge in [0.05, 0.1) is 5.75 Å². The van der Waals surface area contributed by atoms with Crippen LogP contribution in [0, 0.1) is 0 Å². The van der Waals surface area contributed by atoms with Crippen LogP contribution in [-0.2, 0) is 10.1 Å². The summed E-state index contributed by atoms with van der Waals surface area (Å²) in [4.78, 5) is 0. The molecule has 6 heteroatoms. The second-order valence-corrected chi connectivity index (χ2v) is 2.94. The summed E-state index contributed by atoms with van der Waals surface area (Å²) in [5, 5.41) is 8.05. The molecule has 0 saturated heterocycles. The Bertz CT molecular complexity index is 140. The molecule has 1 radical (unpaired) electrons. The Morgan fingerprint density at radius 2 is 1.78 bits per heavy atom. The van der Waals surface area contributed by atoms with E-state index in [0.29, 0.717) is 0 Å². The molecular weight excluding hydrogens is 155 g/mol. The average molecular weight is 163 g/mol. The zero-order chi connectivity index (χ0) is 6.62. The van der Waals surface area contributed by atoms with Gasteiger partial charge in [0.25, 0.3) is 10.1 Å². The molecule has 0 bridgehead atoms. The second-order valence-electron chi connectivity index (χ2n) is 1.36. The van der Waals surface area contributed by atoms with Crippen LogP contribution in [0.2, 0.25) is 0 Å². The minimum Gasteiger partial charge on any atom is -0.396 e. The van der Waals surface area contributed by atoms with Crippen molar-refractivity contribution in [3.63, 3.8) is 0 Å². The predicted octanol–water partition coefficient (Wildman–Crippen LogP) is -1.12. The van der Waals surface area contributed by atoms with E-state index in [1.54, 1.807) is 0 Å². The Balaban J connectivity index is 0. The maximum atomic E-state index is 9.83. The van der Waals surface area contributed by atoms with E-state index in [1.807, 2.05) is 0 Å². The number of hydrogen-bond acceptors (Lipinski definition) is 3. The molecule has 0 aliphatic carbocycles. The van der Waals surface area contributed by atoms with Gasteiger partial charge in [0.2, 0.25) is 0 Å². The maximum absolute atomic E-state index is 9.83. The normalized spacial score (nSPS) is 10.4. The van der Waals surface area contributed by atoms with E-state index in [4.69, 9.17) is 9.66 Å². The van der Waals surface area contributed by atoms with Crippen LogP contribution in [0.1, 0.15) is 6.42 Å². The molecule has 0 aromatic rings. The van der Waals surface area contributed by atoms with Gasteiger partial charge in [-0.25, -0.2) is 0 Å². The van der Waals surface area contributed by atoms with Crippen LogP contribution in [0.25, 0.3) is 0 Å². The Kier molecular flexibility index (Phi) is 7.86. The molecule has 0 amide bonds. The van der Waals surface area contributed by atoms with Gasteiger partial charge in [-0.15, -0.1) is 0 Å². The summed E-state index contributed by atoms with van der Waals surface area (Å²) >= 11 is 0. The Labute approximate surface area is 76.3 Å². The first kappa shape index (κ1) is 12.5. The molecule has 2 N–H and O–H groups in total. The van der Waals surface area contributed by atoms with Gasteiger partial charge in [-0.1, -0.05) is 0 Å². The van der Waals surface area contributed by atoms with E-state index < -0.39 is 10.1 Å². The number of aliphatic hydroxyl groups is 1. The van der Waals surface area contributed by atoms with E-state index in [9.17, 15) is 8.42 Å². The van der Waals surface area contributed by atoms with Crippen LogP contribution < -0.4 is 0 Å². The van der Waals surface area contributed by atoms with Gasteiger partial charge in [-0.3, -0.25) is 4.55 Å². The summed E-state index contributed by atoms with van der Waals surface area (Å²) in [6, 6.07) is 0. The second kappa shape index (κ2) is 5.64. The Morgan fingerprint density at radius 3 is 1.89 bits per heavy atom. The molecule has 0 fully saturated rings. The summed E-state index contributed by atoms with van der Waals surface area (Å²) in [5.41, 5.74) is 0. The molecule has 51 valence electrons. The summed E-state index contributed by atoms with van der Waals surface area (Å²) in [6.45, 7) is -0.209. The first-order valence-electron chi connectivity index (χ1n) is 2.12. The molecule has 0 unspecified atom stereocenters. The molecule has 0 spiro atoms. The average Bonchev–Trinajstić information content (AvgIpc) is 1.59. The molecule has 4 nitrogen and oxygen atoms in total. The van der Waals surface area contributed by atoms with Crippen molar-refractivity contribution >= 4 is 39.7 Å². The van der Waals surface area contributed by atoms with E-state index >= 15 is 0 Å². The third-order valence-corrected chi connectivity index (χ3v) is 1.36. The Hall–Kier alpha value is 0.870. The van der Waals surface area contributed by atoms with Crippen LogP contribution in [0.4, 0.5) is 0 Å². The molecule has 0 aromatic carbocycles. The summed E-state index contributed by atoms with van der Waals surface area (Å²) < 4.78 is 27.7. The third kappa shape index (κ3) is 12.1. The standard InChI is InChI=1S/C3H8O4S.Na/c4-2-1-3-8(5,6)7;/h4H,1-3H2,(H,5,6,7);. The van der Waals surface area contributed by atoms with Gasteiger partial charge >= 0.3 is 0 Å². The van der Waals surface area contributed by atoms with E-state index in [-0.39, 0.29) is 48.3 Å². The topological polar surface area (TPSA) is 74.6 Å². The van der Waals surface area contributed by atoms with E-state index in [0.717, 1.165) is 0 Å². The van der Waals surface area contributed by atoms with E-state index in [2.05, 4.69) is 0 Å². The molecule has 0 heterocycles. The first-order valence-corrected chi connectivity index (χ1v) is 3.73. The maximum Gasteiger partial charge on any atom is 0.264 e. The first-order chi connectivity index (χ1) is 3.56. The fourth-order valence-corrected chi connectivity index (χ4v) is 0.741. The van der Waals surface area contributed by atoms with Crippen molar-refractivity contribution in [1.82, 2.24) is 0 Å². The van der Waals surface area contributed by atoms with Crippen molar-refractivity contribution in [2.45, 2.75) is 6.42 Å². The monoisotopic (exact) mass is 163 g/mol. The molecule has 0 aliphatic rings. The minimum atomic E-state index is -3.85. The van der Waals surface area contributed by atoms with Crippen molar-refractivity contribution in [2.24, 2.45) is 0 Å². The smallest absolute Gasteiger partial charge is 0.264 e. The van der Waals surface area contributed by atoms with Crippen molar-refractivity contribution in [3.8, 4) is 0 Å². The largest absolute Gasteiger partial charge is 0.396 e. The fraction of sp³-hybridized carbons (Fsp3) is 1.00. The molecule has 0 rings (SSSR count). The van der Waals surface area contributed by atoms with Gasteiger partial charge in [-0.05, 0) is 6.42 Å². The quantitative estimate of drug-likeness (QED) is 0.408. The molecule has 0 aliphatic heterocycles. The van der Waals surface area contributed by atoms with E-state index in [1.165, 1.54) is 0 Å². The van der Waals surface area contributed by atoms with Gasteiger partial charge in [0.15, 0.2) is 0 Å². The zero-order valence-electron chi connectivity index (χ0n) is 5.24. The van der Waals surface area contributed by atoms with Crippen molar-refractivity contribution in [1.29, 1.82) is 0 Å².